The van der Waals surface area contributed by atoms with Crippen molar-refractivity contribution in [3.05, 3.63) is 0 Å². The average Bonchev–Trinajstić information content (AvgIpc) is 1.97. The molecule has 0 aromatic rings. The smallest absolute Gasteiger partial charge is 0.236 e. The molecule has 3 heteroatoms. The van der Waals surface area contributed by atoms with E-state index in [1.165, 1.54) is 6.42 Å². The van der Waals surface area contributed by atoms with Gasteiger partial charge >= 0.3 is 0 Å². The SMILES string of the molecule is CCCCNCC(=O)N(C)C. The molecule has 66 valence electrons. The fourth-order valence-corrected chi connectivity index (χ4v) is 0.655. The molecule has 0 bridgehead atoms. The van der Waals surface area contributed by atoms with Gasteiger partial charge in [0.15, 0.2) is 0 Å². The van der Waals surface area contributed by atoms with Gasteiger partial charge in [0.25, 0.3) is 0 Å². The predicted octanol–water partition coefficient (Wildman–Crippen LogP) is 0.464. The highest BCUT2D eigenvalue weighted by molar-refractivity contribution is 5.77. The Bertz CT molecular complexity index is 113. The minimum Gasteiger partial charge on any atom is -0.348 e. The Balaban J connectivity index is 3.18. The highest BCUT2D eigenvalue weighted by Gasteiger charge is 2.00. The normalized spacial score (nSPS) is 9.73. The van der Waals surface area contributed by atoms with Crippen LogP contribution in [0, 0.1) is 0 Å². The summed E-state index contributed by atoms with van der Waals surface area (Å²) in [5.41, 5.74) is 0. The van der Waals surface area contributed by atoms with Crippen LogP contribution in [0.25, 0.3) is 0 Å². The highest BCUT2D eigenvalue weighted by atomic mass is 16.2. The lowest BCUT2D eigenvalue weighted by Gasteiger charge is -2.10. The summed E-state index contributed by atoms with van der Waals surface area (Å²) in [5, 5.41) is 3.08. The second kappa shape index (κ2) is 6.16. The Labute approximate surface area is 68.8 Å². The van der Waals surface area contributed by atoms with Crippen LogP contribution in [0.1, 0.15) is 19.8 Å². The lowest BCUT2D eigenvalue weighted by Crippen LogP contribution is -2.33. The van der Waals surface area contributed by atoms with Crippen LogP contribution in [0.3, 0.4) is 0 Å². The third kappa shape index (κ3) is 5.85. The number of nitrogens with one attached hydrogen (secondary N) is 1. The van der Waals surface area contributed by atoms with Gasteiger partial charge in [-0.05, 0) is 13.0 Å². The molecule has 11 heavy (non-hydrogen) atoms. The molecule has 0 aromatic carbocycles. The number of carbonyl (C=O) groups is 1. The van der Waals surface area contributed by atoms with E-state index in [1.54, 1.807) is 19.0 Å². The van der Waals surface area contributed by atoms with Gasteiger partial charge in [-0.2, -0.15) is 0 Å². The van der Waals surface area contributed by atoms with Crippen molar-refractivity contribution in [2.45, 2.75) is 19.8 Å². The summed E-state index contributed by atoms with van der Waals surface area (Å²) in [6, 6.07) is 0. The minimum absolute atomic E-state index is 0.140. The molecule has 0 atom stereocenters. The average molecular weight is 158 g/mol. The Morgan fingerprint density at radius 2 is 2.09 bits per heavy atom. The van der Waals surface area contributed by atoms with Crippen LogP contribution in [0.2, 0.25) is 0 Å². The van der Waals surface area contributed by atoms with Crippen molar-refractivity contribution in [1.82, 2.24) is 10.2 Å². The van der Waals surface area contributed by atoms with Gasteiger partial charge in [-0.1, -0.05) is 13.3 Å². The lowest BCUT2D eigenvalue weighted by atomic mass is 10.3. The monoisotopic (exact) mass is 158 g/mol. The van der Waals surface area contributed by atoms with Crippen LogP contribution in [-0.4, -0.2) is 38.0 Å². The Morgan fingerprint density at radius 1 is 1.45 bits per heavy atom. The molecule has 0 radical (unpaired) electrons. The highest BCUT2D eigenvalue weighted by Crippen LogP contribution is 1.82. The van der Waals surface area contributed by atoms with E-state index >= 15 is 0 Å². The van der Waals surface area contributed by atoms with Crippen molar-refractivity contribution in [2.24, 2.45) is 0 Å². The number of carbonyl (C=O) groups excluding carboxylic acids is 1. The molecule has 0 saturated carbocycles. The second-order valence-electron chi connectivity index (χ2n) is 2.82. The standard InChI is InChI=1S/C8H18N2O/c1-4-5-6-9-7-8(11)10(2)3/h9H,4-7H2,1-3H3. The van der Waals surface area contributed by atoms with Crippen molar-refractivity contribution in [3.8, 4) is 0 Å². The summed E-state index contributed by atoms with van der Waals surface area (Å²) in [6.07, 6.45) is 2.31. The van der Waals surface area contributed by atoms with Gasteiger partial charge in [0.05, 0.1) is 6.54 Å². The zero-order chi connectivity index (χ0) is 8.69. The van der Waals surface area contributed by atoms with Crippen LogP contribution in [0.15, 0.2) is 0 Å². The zero-order valence-corrected chi connectivity index (χ0v) is 7.68. The largest absolute Gasteiger partial charge is 0.348 e. The first-order valence-electron chi connectivity index (χ1n) is 4.09. The molecular formula is C8H18N2O. The molecular weight excluding hydrogens is 140 g/mol. The van der Waals surface area contributed by atoms with Gasteiger partial charge in [0.1, 0.15) is 0 Å². The quantitative estimate of drug-likeness (QED) is 0.590. The van der Waals surface area contributed by atoms with Crippen molar-refractivity contribution in [2.75, 3.05) is 27.2 Å². The van der Waals surface area contributed by atoms with Crippen LogP contribution < -0.4 is 5.32 Å². The van der Waals surface area contributed by atoms with Gasteiger partial charge in [0, 0.05) is 14.1 Å². The van der Waals surface area contributed by atoms with Gasteiger partial charge in [-0.15, -0.1) is 0 Å². The van der Waals surface area contributed by atoms with Crippen LogP contribution in [0.4, 0.5) is 0 Å². The van der Waals surface area contributed by atoms with Gasteiger partial charge in [0.2, 0.25) is 5.91 Å². The van der Waals surface area contributed by atoms with E-state index in [2.05, 4.69) is 12.2 Å². The summed E-state index contributed by atoms with van der Waals surface area (Å²) < 4.78 is 0. The van der Waals surface area contributed by atoms with E-state index in [0.717, 1.165) is 13.0 Å². The number of likely N-dealkylation sites (N-methyl/N-ethyl adjacent to an activating group) is 1. The molecule has 0 fully saturated rings. The molecule has 1 amide bonds. The summed E-state index contributed by atoms with van der Waals surface area (Å²) in [6.45, 7) is 3.54. The van der Waals surface area contributed by atoms with E-state index in [0.29, 0.717) is 6.54 Å². The molecule has 1 N–H and O–H groups in total. The van der Waals surface area contributed by atoms with Crippen molar-refractivity contribution >= 4 is 5.91 Å². The Hall–Kier alpha value is -0.570. The Morgan fingerprint density at radius 3 is 2.55 bits per heavy atom. The second-order valence-corrected chi connectivity index (χ2v) is 2.82. The Kier molecular flexibility index (Phi) is 5.84. The number of amides is 1. The topological polar surface area (TPSA) is 32.3 Å². The van der Waals surface area contributed by atoms with E-state index < -0.39 is 0 Å². The molecule has 0 aromatic heterocycles. The predicted molar refractivity (Wildman–Crippen MR) is 46.5 cm³/mol. The van der Waals surface area contributed by atoms with Crippen LogP contribution in [-0.2, 0) is 4.79 Å². The van der Waals surface area contributed by atoms with Gasteiger partial charge < -0.3 is 10.2 Å². The minimum atomic E-state index is 0.140. The maximum Gasteiger partial charge on any atom is 0.236 e. The van der Waals surface area contributed by atoms with Crippen LogP contribution >= 0.6 is 0 Å². The van der Waals surface area contributed by atoms with E-state index in [4.69, 9.17) is 0 Å². The first kappa shape index (κ1) is 10.4. The summed E-state index contributed by atoms with van der Waals surface area (Å²) in [5.74, 6) is 0.140. The third-order valence-electron chi connectivity index (χ3n) is 1.48. The van der Waals surface area contributed by atoms with Gasteiger partial charge in [-0.3, -0.25) is 4.79 Å². The molecule has 0 saturated heterocycles. The third-order valence-corrected chi connectivity index (χ3v) is 1.48. The summed E-state index contributed by atoms with van der Waals surface area (Å²) >= 11 is 0. The molecule has 0 unspecified atom stereocenters. The molecule has 0 aliphatic rings. The fraction of sp³-hybridized carbons (Fsp3) is 0.875. The van der Waals surface area contributed by atoms with Crippen molar-refractivity contribution < 1.29 is 4.79 Å². The maximum atomic E-state index is 11.0. The number of hydrogen-bond donors (Lipinski definition) is 1. The first-order valence-corrected chi connectivity index (χ1v) is 4.09. The number of unbranched alkanes of at least 4 members (excludes halogenated alkanes) is 1. The fourth-order valence-electron chi connectivity index (χ4n) is 0.655. The molecule has 0 rings (SSSR count). The molecule has 0 aliphatic heterocycles. The zero-order valence-electron chi connectivity index (χ0n) is 7.68. The molecule has 0 aliphatic carbocycles. The maximum absolute atomic E-state index is 11.0. The lowest BCUT2D eigenvalue weighted by molar-refractivity contribution is -0.127. The number of hydrogen-bond acceptors (Lipinski definition) is 2. The first-order chi connectivity index (χ1) is 5.18. The van der Waals surface area contributed by atoms with Crippen molar-refractivity contribution in [1.29, 1.82) is 0 Å². The number of nitrogens with zero attached hydrogens (tertiary/aromatic N) is 1. The van der Waals surface area contributed by atoms with E-state index in [9.17, 15) is 4.79 Å². The molecule has 3 nitrogen and oxygen atoms in total. The summed E-state index contributed by atoms with van der Waals surface area (Å²) in [7, 11) is 3.54. The molecule has 0 heterocycles. The van der Waals surface area contributed by atoms with Gasteiger partial charge in [-0.25, -0.2) is 0 Å². The van der Waals surface area contributed by atoms with E-state index in [1.807, 2.05) is 0 Å². The number of rotatable bonds is 5. The summed E-state index contributed by atoms with van der Waals surface area (Å²) in [4.78, 5) is 12.6. The van der Waals surface area contributed by atoms with Crippen molar-refractivity contribution in [3.63, 3.8) is 0 Å². The van der Waals surface area contributed by atoms with Crippen LogP contribution in [0.5, 0.6) is 0 Å². The van der Waals surface area contributed by atoms with E-state index in [-0.39, 0.29) is 5.91 Å². The molecule has 0 spiro atoms.